The number of rotatable bonds is 9. The standard InChI is InChI=1S/C28H30N2O4S/c1-21(2)30(35(32,33)27-16-14-24-11-7-8-12-25(24)17-27)20-28(31)29(18-23-9-5-4-6-10-23)19-26-15-13-22(3)34-26/h4-17,21H,18-20H2,1-3H3. The maximum atomic E-state index is 13.6. The molecule has 0 saturated heterocycles. The quantitative estimate of drug-likeness (QED) is 0.316. The molecule has 35 heavy (non-hydrogen) atoms. The molecule has 0 aliphatic rings. The van der Waals surface area contributed by atoms with Gasteiger partial charge in [-0.05, 0) is 61.4 Å². The number of fused-ring (bicyclic) bond motifs is 1. The molecule has 0 N–H and O–H groups in total. The monoisotopic (exact) mass is 490 g/mol. The summed E-state index contributed by atoms with van der Waals surface area (Å²) in [5.74, 6) is 1.12. The summed E-state index contributed by atoms with van der Waals surface area (Å²) < 4.78 is 34.2. The summed E-state index contributed by atoms with van der Waals surface area (Å²) in [5.41, 5.74) is 0.956. The second kappa shape index (κ2) is 10.5. The molecule has 4 rings (SSSR count). The van der Waals surface area contributed by atoms with Gasteiger partial charge in [-0.25, -0.2) is 8.42 Å². The van der Waals surface area contributed by atoms with Crippen molar-refractivity contribution >= 4 is 26.7 Å². The topological polar surface area (TPSA) is 70.8 Å². The molecule has 1 aromatic heterocycles. The summed E-state index contributed by atoms with van der Waals surface area (Å²) in [6.45, 7) is 5.75. The highest BCUT2D eigenvalue weighted by Crippen LogP contribution is 2.24. The van der Waals surface area contributed by atoms with Crippen LogP contribution in [0.1, 0.15) is 30.9 Å². The van der Waals surface area contributed by atoms with Crippen LogP contribution in [0.15, 0.2) is 94.2 Å². The van der Waals surface area contributed by atoms with Gasteiger partial charge in [0.25, 0.3) is 0 Å². The minimum Gasteiger partial charge on any atom is -0.464 e. The fraction of sp³-hybridized carbons (Fsp3) is 0.250. The minimum absolute atomic E-state index is 0.175. The molecular formula is C28H30N2O4S. The Balaban J connectivity index is 1.62. The first-order chi connectivity index (χ1) is 16.7. The number of benzene rings is 3. The van der Waals surface area contributed by atoms with Gasteiger partial charge < -0.3 is 9.32 Å². The Morgan fingerprint density at radius 3 is 2.20 bits per heavy atom. The van der Waals surface area contributed by atoms with Crippen molar-refractivity contribution in [3.63, 3.8) is 0 Å². The van der Waals surface area contributed by atoms with Crippen LogP contribution in [0.4, 0.5) is 0 Å². The summed E-state index contributed by atoms with van der Waals surface area (Å²) >= 11 is 0. The normalized spacial score (nSPS) is 11.9. The summed E-state index contributed by atoms with van der Waals surface area (Å²) in [6, 6.07) is 25.6. The number of furan rings is 1. The van der Waals surface area contributed by atoms with Crippen molar-refractivity contribution in [2.24, 2.45) is 0 Å². The number of hydrogen-bond donors (Lipinski definition) is 0. The molecule has 0 fully saturated rings. The number of aryl methyl sites for hydroxylation is 1. The van der Waals surface area contributed by atoms with Gasteiger partial charge in [0.1, 0.15) is 11.5 Å². The van der Waals surface area contributed by atoms with E-state index in [1.165, 1.54) is 4.31 Å². The molecule has 3 aromatic carbocycles. The van der Waals surface area contributed by atoms with Crippen LogP contribution in [-0.2, 0) is 27.9 Å². The molecule has 0 spiro atoms. The van der Waals surface area contributed by atoms with Crippen molar-refractivity contribution in [2.45, 2.75) is 44.8 Å². The molecule has 0 unspecified atom stereocenters. The van der Waals surface area contributed by atoms with E-state index in [0.29, 0.717) is 12.3 Å². The van der Waals surface area contributed by atoms with E-state index in [1.54, 1.807) is 36.9 Å². The third-order valence-electron chi connectivity index (χ3n) is 5.91. The smallest absolute Gasteiger partial charge is 0.243 e. The van der Waals surface area contributed by atoms with Gasteiger partial charge in [-0.2, -0.15) is 4.31 Å². The van der Waals surface area contributed by atoms with Gasteiger partial charge in [0.05, 0.1) is 18.0 Å². The second-order valence-corrected chi connectivity index (χ2v) is 10.8. The van der Waals surface area contributed by atoms with Gasteiger partial charge >= 0.3 is 0 Å². The van der Waals surface area contributed by atoms with Gasteiger partial charge in [0.2, 0.25) is 15.9 Å². The maximum Gasteiger partial charge on any atom is 0.243 e. The van der Waals surface area contributed by atoms with Gasteiger partial charge in [0, 0.05) is 12.6 Å². The largest absolute Gasteiger partial charge is 0.464 e. The third-order valence-corrected chi connectivity index (χ3v) is 7.92. The number of hydrogen-bond acceptors (Lipinski definition) is 4. The maximum absolute atomic E-state index is 13.6. The van der Waals surface area contributed by atoms with Gasteiger partial charge in [0.15, 0.2) is 0 Å². The SMILES string of the molecule is Cc1ccc(CN(Cc2ccccc2)C(=O)CN(C(C)C)S(=O)(=O)c2ccc3ccccc3c2)o1. The van der Waals surface area contributed by atoms with Crippen LogP contribution in [0.25, 0.3) is 10.8 Å². The molecule has 4 aromatic rings. The first kappa shape index (κ1) is 24.7. The lowest BCUT2D eigenvalue weighted by atomic mass is 10.1. The number of amides is 1. The molecule has 1 amide bonds. The molecule has 6 nitrogen and oxygen atoms in total. The predicted molar refractivity (Wildman–Crippen MR) is 137 cm³/mol. The van der Waals surface area contributed by atoms with Crippen molar-refractivity contribution in [1.82, 2.24) is 9.21 Å². The van der Waals surface area contributed by atoms with E-state index in [-0.39, 0.29) is 23.9 Å². The lowest BCUT2D eigenvalue weighted by Crippen LogP contribution is -2.45. The number of carbonyl (C=O) groups is 1. The zero-order valence-electron chi connectivity index (χ0n) is 20.2. The number of sulfonamides is 1. The highest BCUT2D eigenvalue weighted by molar-refractivity contribution is 7.89. The fourth-order valence-electron chi connectivity index (χ4n) is 4.04. The minimum atomic E-state index is -3.90. The highest BCUT2D eigenvalue weighted by Gasteiger charge is 2.31. The molecule has 0 atom stereocenters. The van der Waals surface area contributed by atoms with Crippen LogP contribution in [0.2, 0.25) is 0 Å². The summed E-state index contributed by atoms with van der Waals surface area (Å²) in [6.07, 6.45) is 0. The predicted octanol–water partition coefficient (Wildman–Crippen LogP) is 5.37. The Morgan fingerprint density at radius 1 is 0.857 bits per heavy atom. The molecule has 0 saturated carbocycles. The molecule has 0 radical (unpaired) electrons. The lowest BCUT2D eigenvalue weighted by molar-refractivity contribution is -0.133. The van der Waals surface area contributed by atoms with Crippen LogP contribution in [0, 0.1) is 6.92 Å². The lowest BCUT2D eigenvalue weighted by Gasteiger charge is -2.29. The molecule has 182 valence electrons. The Kier molecular flexibility index (Phi) is 7.38. The summed E-state index contributed by atoms with van der Waals surface area (Å²) in [4.78, 5) is 15.4. The van der Waals surface area contributed by atoms with Gasteiger partial charge in [-0.1, -0.05) is 60.7 Å². The zero-order valence-corrected chi connectivity index (χ0v) is 21.0. The number of carbonyl (C=O) groups excluding carboxylic acids is 1. The van der Waals surface area contributed by atoms with Crippen molar-refractivity contribution in [1.29, 1.82) is 0 Å². The molecule has 7 heteroatoms. The number of nitrogens with zero attached hydrogens (tertiary/aromatic N) is 2. The van der Waals surface area contributed by atoms with Crippen molar-refractivity contribution in [2.75, 3.05) is 6.54 Å². The molecular weight excluding hydrogens is 460 g/mol. The molecule has 1 heterocycles. The van der Waals surface area contributed by atoms with Crippen molar-refractivity contribution in [3.8, 4) is 0 Å². The van der Waals surface area contributed by atoms with E-state index < -0.39 is 16.1 Å². The van der Waals surface area contributed by atoms with E-state index in [2.05, 4.69) is 0 Å². The van der Waals surface area contributed by atoms with E-state index in [4.69, 9.17) is 4.42 Å². The highest BCUT2D eigenvalue weighted by atomic mass is 32.2. The van der Waals surface area contributed by atoms with Crippen molar-refractivity contribution < 1.29 is 17.6 Å². The van der Waals surface area contributed by atoms with E-state index >= 15 is 0 Å². The first-order valence-corrected chi connectivity index (χ1v) is 13.1. The Hall–Kier alpha value is -3.42. The molecule has 0 bridgehead atoms. The van der Waals surface area contributed by atoms with E-state index in [9.17, 15) is 13.2 Å². The van der Waals surface area contributed by atoms with Crippen LogP contribution >= 0.6 is 0 Å². The Bertz CT molecular complexity index is 1410. The summed E-state index contributed by atoms with van der Waals surface area (Å²) in [7, 11) is -3.90. The van der Waals surface area contributed by atoms with Crippen molar-refractivity contribution in [3.05, 3.63) is 102 Å². The molecule has 0 aliphatic heterocycles. The average Bonchev–Trinajstić information content (AvgIpc) is 3.26. The molecule has 0 aliphatic carbocycles. The summed E-state index contributed by atoms with van der Waals surface area (Å²) in [5, 5.41) is 1.80. The average molecular weight is 491 g/mol. The first-order valence-electron chi connectivity index (χ1n) is 11.6. The van der Waals surface area contributed by atoms with Gasteiger partial charge in [-0.15, -0.1) is 0 Å². The van der Waals surface area contributed by atoms with Crippen LogP contribution in [0.3, 0.4) is 0 Å². The van der Waals surface area contributed by atoms with Gasteiger partial charge in [-0.3, -0.25) is 4.79 Å². The van der Waals surface area contributed by atoms with E-state index in [1.807, 2.05) is 73.7 Å². The fourth-order valence-corrected chi connectivity index (χ4v) is 5.66. The Morgan fingerprint density at radius 2 is 1.54 bits per heavy atom. The second-order valence-electron chi connectivity index (χ2n) is 8.90. The zero-order chi connectivity index (χ0) is 25.0. The van der Waals surface area contributed by atoms with Crippen LogP contribution in [-0.4, -0.2) is 36.1 Å². The Labute approximate surface area is 206 Å². The van der Waals surface area contributed by atoms with Crippen LogP contribution < -0.4 is 0 Å². The third kappa shape index (κ3) is 5.81. The van der Waals surface area contributed by atoms with Crippen LogP contribution in [0.5, 0.6) is 0 Å². The van der Waals surface area contributed by atoms with E-state index in [0.717, 1.165) is 22.1 Å².